The zero-order chi connectivity index (χ0) is 18.5. The van der Waals surface area contributed by atoms with Crippen LogP contribution >= 0.6 is 23.1 Å². The molecule has 2 aromatic heterocycles. The molecule has 0 aliphatic rings. The summed E-state index contributed by atoms with van der Waals surface area (Å²) >= 11 is 2.67. The molecule has 0 aliphatic heterocycles. The van der Waals surface area contributed by atoms with Crippen LogP contribution in [-0.4, -0.2) is 31.1 Å². The normalized spacial score (nSPS) is 11.9. The molecule has 0 spiro atoms. The highest BCUT2D eigenvalue weighted by Gasteiger charge is 2.26. The summed E-state index contributed by atoms with van der Waals surface area (Å²) in [6, 6.07) is 19.1. The predicted molar refractivity (Wildman–Crippen MR) is 105 cm³/mol. The number of anilines is 1. The molecular formula is C18H14N6OS2. The molecule has 2 heterocycles. The summed E-state index contributed by atoms with van der Waals surface area (Å²) in [5.41, 5.74) is 1.69. The second-order valence-electron chi connectivity index (χ2n) is 5.44. The monoisotopic (exact) mass is 394 g/mol. The first-order valence-corrected chi connectivity index (χ1v) is 9.83. The van der Waals surface area contributed by atoms with Crippen molar-refractivity contribution >= 4 is 34.1 Å². The van der Waals surface area contributed by atoms with Crippen molar-refractivity contribution < 1.29 is 4.79 Å². The van der Waals surface area contributed by atoms with E-state index in [2.05, 4.69) is 25.8 Å². The van der Waals surface area contributed by atoms with Crippen molar-refractivity contribution in [3.8, 4) is 5.69 Å². The van der Waals surface area contributed by atoms with Crippen LogP contribution in [0.2, 0.25) is 0 Å². The SMILES string of the molecule is O=C(Nc1nccs1)C(Sc1nnnn1-c1ccccc1)c1ccccc1. The van der Waals surface area contributed by atoms with Gasteiger partial charge in [-0.1, -0.05) is 60.3 Å². The Morgan fingerprint density at radius 1 is 1.07 bits per heavy atom. The van der Waals surface area contributed by atoms with Gasteiger partial charge in [-0.15, -0.1) is 16.4 Å². The number of rotatable bonds is 6. The quantitative estimate of drug-likeness (QED) is 0.503. The molecule has 4 aromatic rings. The van der Waals surface area contributed by atoms with E-state index in [4.69, 9.17) is 0 Å². The number of thiazole rings is 1. The lowest BCUT2D eigenvalue weighted by Gasteiger charge is -2.15. The lowest BCUT2D eigenvalue weighted by molar-refractivity contribution is -0.115. The molecule has 9 heteroatoms. The summed E-state index contributed by atoms with van der Waals surface area (Å²) in [4.78, 5) is 17.1. The molecule has 7 nitrogen and oxygen atoms in total. The van der Waals surface area contributed by atoms with Crippen LogP contribution in [0.15, 0.2) is 77.4 Å². The van der Waals surface area contributed by atoms with Crippen LogP contribution in [0, 0.1) is 0 Å². The lowest BCUT2D eigenvalue weighted by atomic mass is 10.1. The first-order chi connectivity index (χ1) is 13.3. The minimum atomic E-state index is -0.524. The summed E-state index contributed by atoms with van der Waals surface area (Å²) in [6.45, 7) is 0. The van der Waals surface area contributed by atoms with Gasteiger partial charge in [0.1, 0.15) is 5.25 Å². The van der Waals surface area contributed by atoms with E-state index in [9.17, 15) is 4.79 Å². The van der Waals surface area contributed by atoms with Gasteiger partial charge >= 0.3 is 0 Å². The van der Waals surface area contributed by atoms with E-state index in [-0.39, 0.29) is 5.91 Å². The average Bonchev–Trinajstić information content (AvgIpc) is 3.39. The van der Waals surface area contributed by atoms with Crippen LogP contribution in [-0.2, 0) is 4.79 Å². The fraction of sp³-hybridized carbons (Fsp3) is 0.0556. The molecule has 0 saturated heterocycles. The largest absolute Gasteiger partial charge is 0.301 e. The number of nitrogens with one attached hydrogen (secondary N) is 1. The Hall–Kier alpha value is -3.04. The molecule has 0 radical (unpaired) electrons. The van der Waals surface area contributed by atoms with E-state index in [0.29, 0.717) is 10.3 Å². The maximum Gasteiger partial charge on any atom is 0.244 e. The Bertz CT molecular complexity index is 1000. The van der Waals surface area contributed by atoms with Crippen molar-refractivity contribution in [2.24, 2.45) is 0 Å². The number of thioether (sulfide) groups is 1. The third-order valence-electron chi connectivity index (χ3n) is 3.67. The summed E-state index contributed by atoms with van der Waals surface area (Å²) in [5.74, 6) is -0.177. The molecule has 1 atom stereocenters. The number of tetrazole rings is 1. The zero-order valence-corrected chi connectivity index (χ0v) is 15.6. The number of hydrogen-bond acceptors (Lipinski definition) is 7. The van der Waals surface area contributed by atoms with Gasteiger partial charge in [-0.2, -0.15) is 4.68 Å². The highest BCUT2D eigenvalue weighted by molar-refractivity contribution is 8.00. The third-order valence-corrected chi connectivity index (χ3v) is 5.54. The van der Waals surface area contributed by atoms with Crippen LogP contribution in [0.25, 0.3) is 5.69 Å². The number of amides is 1. The van der Waals surface area contributed by atoms with E-state index < -0.39 is 5.25 Å². The van der Waals surface area contributed by atoms with E-state index in [1.54, 1.807) is 10.9 Å². The maximum atomic E-state index is 12.9. The molecule has 1 unspecified atom stereocenters. The van der Waals surface area contributed by atoms with Crippen LogP contribution in [0.5, 0.6) is 0 Å². The van der Waals surface area contributed by atoms with Crippen LogP contribution in [0.4, 0.5) is 5.13 Å². The molecule has 0 aliphatic carbocycles. The lowest BCUT2D eigenvalue weighted by Crippen LogP contribution is -2.19. The topological polar surface area (TPSA) is 85.6 Å². The van der Waals surface area contributed by atoms with Gasteiger partial charge < -0.3 is 5.32 Å². The fourth-order valence-corrected chi connectivity index (χ4v) is 3.97. The number of nitrogens with zero attached hydrogens (tertiary/aromatic N) is 5. The smallest absolute Gasteiger partial charge is 0.244 e. The highest BCUT2D eigenvalue weighted by atomic mass is 32.2. The molecule has 0 fully saturated rings. The average molecular weight is 394 g/mol. The minimum absolute atomic E-state index is 0.177. The zero-order valence-electron chi connectivity index (χ0n) is 14.0. The molecule has 0 saturated carbocycles. The van der Waals surface area contributed by atoms with Crippen molar-refractivity contribution in [1.29, 1.82) is 0 Å². The van der Waals surface area contributed by atoms with Gasteiger partial charge in [-0.25, -0.2) is 4.98 Å². The van der Waals surface area contributed by atoms with Gasteiger partial charge in [0, 0.05) is 11.6 Å². The molecule has 4 rings (SSSR count). The molecule has 27 heavy (non-hydrogen) atoms. The fourth-order valence-electron chi connectivity index (χ4n) is 2.45. The summed E-state index contributed by atoms with van der Waals surface area (Å²) in [6.07, 6.45) is 1.65. The first-order valence-electron chi connectivity index (χ1n) is 8.07. The molecule has 0 bridgehead atoms. The Morgan fingerprint density at radius 2 is 1.81 bits per heavy atom. The van der Waals surface area contributed by atoms with Crippen molar-refractivity contribution in [3.63, 3.8) is 0 Å². The Kier molecular flexibility index (Phi) is 5.22. The molecule has 1 N–H and O–H groups in total. The standard InChI is InChI=1S/C18H14N6OS2/c25-16(20-17-19-11-12-26-17)15(13-7-3-1-4-8-13)27-18-21-22-23-24(18)14-9-5-2-6-10-14/h1-12,15H,(H,19,20,25). The van der Waals surface area contributed by atoms with E-state index in [0.717, 1.165) is 11.3 Å². The second-order valence-corrected chi connectivity index (χ2v) is 7.41. The molecule has 1 amide bonds. The van der Waals surface area contributed by atoms with Crippen LogP contribution in [0.1, 0.15) is 10.8 Å². The Morgan fingerprint density at radius 3 is 2.52 bits per heavy atom. The summed E-state index contributed by atoms with van der Waals surface area (Å²) in [7, 11) is 0. The highest BCUT2D eigenvalue weighted by Crippen LogP contribution is 2.35. The van der Waals surface area contributed by atoms with Gasteiger partial charge in [0.25, 0.3) is 0 Å². The second kappa shape index (κ2) is 8.11. The van der Waals surface area contributed by atoms with Crippen molar-refractivity contribution in [2.45, 2.75) is 10.4 Å². The molecule has 2 aromatic carbocycles. The Balaban J connectivity index is 1.64. The van der Waals surface area contributed by atoms with E-state index in [1.807, 2.05) is 66.0 Å². The van der Waals surface area contributed by atoms with Crippen LogP contribution < -0.4 is 5.32 Å². The number of aromatic nitrogens is 5. The number of benzene rings is 2. The van der Waals surface area contributed by atoms with Crippen LogP contribution in [0.3, 0.4) is 0 Å². The maximum absolute atomic E-state index is 12.9. The minimum Gasteiger partial charge on any atom is -0.301 e. The van der Waals surface area contributed by atoms with E-state index >= 15 is 0 Å². The number of carbonyl (C=O) groups excluding carboxylic acids is 1. The summed E-state index contributed by atoms with van der Waals surface area (Å²) in [5, 5.41) is 17.2. The summed E-state index contributed by atoms with van der Waals surface area (Å²) < 4.78 is 1.62. The van der Waals surface area contributed by atoms with Crippen molar-refractivity contribution in [3.05, 3.63) is 77.8 Å². The van der Waals surface area contributed by atoms with Crippen molar-refractivity contribution in [2.75, 3.05) is 5.32 Å². The van der Waals surface area contributed by atoms with Crippen molar-refractivity contribution in [1.82, 2.24) is 25.2 Å². The third kappa shape index (κ3) is 4.04. The molecular weight excluding hydrogens is 380 g/mol. The number of para-hydroxylation sites is 1. The van der Waals surface area contributed by atoms with Gasteiger partial charge in [-0.3, -0.25) is 4.79 Å². The van der Waals surface area contributed by atoms with E-state index in [1.165, 1.54) is 23.1 Å². The van der Waals surface area contributed by atoms with Gasteiger partial charge in [0.05, 0.1) is 5.69 Å². The predicted octanol–water partition coefficient (Wildman–Crippen LogP) is 3.59. The van der Waals surface area contributed by atoms with Gasteiger partial charge in [0.2, 0.25) is 11.1 Å². The Labute approximate surface area is 163 Å². The number of hydrogen-bond donors (Lipinski definition) is 1. The van der Waals surface area contributed by atoms with Gasteiger partial charge in [0.15, 0.2) is 5.13 Å². The molecule has 134 valence electrons. The number of carbonyl (C=O) groups is 1. The van der Waals surface area contributed by atoms with Gasteiger partial charge in [-0.05, 0) is 28.1 Å². The first kappa shape index (κ1) is 17.4.